The van der Waals surface area contributed by atoms with Gasteiger partial charge < -0.3 is 33.8 Å². The van der Waals surface area contributed by atoms with Crippen molar-refractivity contribution < 1.29 is 80.2 Å². The number of carbonyl (C=O) groups is 4. The van der Waals surface area contributed by atoms with Gasteiger partial charge in [-0.2, -0.15) is 0 Å². The summed E-state index contributed by atoms with van der Waals surface area (Å²) in [7, 11) is -9.92. The highest BCUT2D eigenvalue weighted by atomic mass is 31.2. The Morgan fingerprint density at radius 3 is 0.557 bits per heavy atom. The molecule has 0 aliphatic carbocycles. The molecule has 17 nitrogen and oxygen atoms in total. The highest BCUT2D eigenvalue weighted by molar-refractivity contribution is 7.47. The summed E-state index contributed by atoms with van der Waals surface area (Å²) in [6, 6.07) is 0. The second-order valence-electron chi connectivity index (χ2n) is 31.3. The van der Waals surface area contributed by atoms with Gasteiger partial charge in [0.1, 0.15) is 19.3 Å². The molecule has 0 fully saturated rings. The lowest BCUT2D eigenvalue weighted by molar-refractivity contribution is -0.161. The van der Waals surface area contributed by atoms with E-state index in [2.05, 4.69) is 27.7 Å². The van der Waals surface area contributed by atoms with E-state index in [1.807, 2.05) is 0 Å². The first kappa shape index (κ1) is 104. The molecule has 0 aromatic heterocycles. The van der Waals surface area contributed by atoms with Crippen LogP contribution < -0.4 is 0 Å². The van der Waals surface area contributed by atoms with E-state index in [-0.39, 0.29) is 25.7 Å². The molecule has 0 radical (unpaired) electrons. The highest BCUT2D eigenvalue weighted by Gasteiger charge is 2.30. The predicted octanol–water partition coefficient (Wildman–Crippen LogP) is 26.9. The topological polar surface area (TPSA) is 237 Å². The first-order valence-electron chi connectivity index (χ1n) is 45.3. The number of esters is 4. The van der Waals surface area contributed by atoms with Crippen LogP contribution in [0.3, 0.4) is 0 Å². The minimum Gasteiger partial charge on any atom is -0.462 e. The molecule has 630 valence electrons. The van der Waals surface area contributed by atoms with Crippen molar-refractivity contribution >= 4 is 39.5 Å². The number of rotatable bonds is 88. The van der Waals surface area contributed by atoms with Gasteiger partial charge in [-0.1, -0.05) is 426 Å². The zero-order valence-corrected chi connectivity index (χ0v) is 71.2. The molecule has 0 aliphatic rings. The Morgan fingerprint density at radius 1 is 0.226 bits per heavy atom. The first-order chi connectivity index (χ1) is 51.7. The van der Waals surface area contributed by atoms with Crippen LogP contribution in [0.1, 0.15) is 477 Å². The molecule has 0 saturated carbocycles. The zero-order chi connectivity index (χ0) is 77.4. The van der Waals surface area contributed by atoms with E-state index in [1.54, 1.807) is 0 Å². The summed E-state index contributed by atoms with van der Waals surface area (Å²) in [4.78, 5) is 72.9. The Kier molecular flexibility index (Phi) is 79.6. The van der Waals surface area contributed by atoms with Crippen molar-refractivity contribution in [1.29, 1.82) is 0 Å². The summed E-state index contributed by atoms with van der Waals surface area (Å²) in [5, 5.41) is 10.6. The number of aliphatic hydroxyl groups is 1. The van der Waals surface area contributed by atoms with Crippen LogP contribution in [0, 0.1) is 0 Å². The summed E-state index contributed by atoms with van der Waals surface area (Å²) >= 11 is 0. The lowest BCUT2D eigenvalue weighted by Gasteiger charge is -2.21. The third kappa shape index (κ3) is 80.1. The molecule has 0 spiro atoms. The van der Waals surface area contributed by atoms with Crippen LogP contribution in [0.25, 0.3) is 0 Å². The Balaban J connectivity index is 5.08. The van der Waals surface area contributed by atoms with Crippen molar-refractivity contribution in [3.8, 4) is 0 Å². The summed E-state index contributed by atoms with van der Waals surface area (Å²) in [5.41, 5.74) is 0. The maximum Gasteiger partial charge on any atom is 0.472 e. The Bertz CT molecular complexity index is 2000. The van der Waals surface area contributed by atoms with Gasteiger partial charge in [0.2, 0.25) is 0 Å². The fourth-order valence-electron chi connectivity index (χ4n) is 13.7. The Morgan fingerprint density at radius 2 is 0.377 bits per heavy atom. The molecule has 5 atom stereocenters. The van der Waals surface area contributed by atoms with Crippen LogP contribution in [-0.2, 0) is 65.4 Å². The largest absolute Gasteiger partial charge is 0.472 e. The lowest BCUT2D eigenvalue weighted by atomic mass is 10.0. The number of aliphatic hydroxyl groups excluding tert-OH is 1. The molecular weight excluding hydrogens is 1380 g/mol. The molecule has 19 heteroatoms. The molecule has 0 heterocycles. The van der Waals surface area contributed by atoms with Crippen molar-refractivity contribution in [3.05, 3.63) is 0 Å². The summed E-state index contributed by atoms with van der Waals surface area (Å²) in [6.07, 6.45) is 77.1. The van der Waals surface area contributed by atoms with Gasteiger partial charge >= 0.3 is 39.5 Å². The van der Waals surface area contributed by atoms with Crippen LogP contribution >= 0.6 is 15.6 Å². The Hall–Kier alpha value is -1.94. The van der Waals surface area contributed by atoms with Crippen LogP contribution in [0.5, 0.6) is 0 Å². The number of carbonyl (C=O) groups excluding carboxylic acids is 4. The molecule has 0 amide bonds. The number of hydrogen-bond donors (Lipinski definition) is 3. The van der Waals surface area contributed by atoms with Crippen molar-refractivity contribution in [3.63, 3.8) is 0 Å². The van der Waals surface area contributed by atoms with E-state index in [0.717, 1.165) is 96.3 Å². The van der Waals surface area contributed by atoms with Gasteiger partial charge in [0, 0.05) is 25.7 Å². The number of hydrogen-bond acceptors (Lipinski definition) is 15. The fourth-order valence-corrected chi connectivity index (χ4v) is 15.3. The second-order valence-corrected chi connectivity index (χ2v) is 34.2. The molecule has 0 aromatic rings. The monoisotopic (exact) mass is 1550 g/mol. The van der Waals surface area contributed by atoms with Gasteiger partial charge in [0.05, 0.1) is 26.4 Å². The van der Waals surface area contributed by atoms with Crippen molar-refractivity contribution in [1.82, 2.24) is 0 Å². The maximum absolute atomic E-state index is 13.1. The van der Waals surface area contributed by atoms with E-state index in [9.17, 15) is 43.2 Å². The van der Waals surface area contributed by atoms with Crippen molar-refractivity contribution in [2.45, 2.75) is 495 Å². The van der Waals surface area contributed by atoms with Gasteiger partial charge in [-0.15, -0.1) is 0 Å². The van der Waals surface area contributed by atoms with Gasteiger partial charge in [-0.05, 0) is 25.7 Å². The third-order valence-corrected chi connectivity index (χ3v) is 22.5. The van der Waals surface area contributed by atoms with Gasteiger partial charge in [0.15, 0.2) is 12.2 Å². The minimum atomic E-state index is -4.96. The average Bonchev–Trinajstić information content (AvgIpc) is 0.905. The second kappa shape index (κ2) is 81.1. The molecule has 0 aliphatic heterocycles. The van der Waals surface area contributed by atoms with E-state index in [4.69, 9.17) is 37.0 Å². The average molecular weight is 1550 g/mol. The fraction of sp³-hybridized carbons (Fsp3) is 0.954. The SMILES string of the molecule is CCCCCCCCCCCCCCCCCCCCCCCC(=O)O[C@H](COC(=O)CCCCCCCCCCCCCCCCCCCCCC)COP(=O)(O)OC[C@@H](O)COP(=O)(O)OC[C@@H](COC(=O)CCCCCCC)OC(=O)CCCCCCCCCCCCCCCCCCCCCC. The molecule has 0 saturated heterocycles. The molecule has 0 rings (SSSR count). The van der Waals surface area contributed by atoms with E-state index >= 15 is 0 Å². The molecule has 2 unspecified atom stereocenters. The zero-order valence-electron chi connectivity index (χ0n) is 69.4. The molecule has 0 bridgehead atoms. The van der Waals surface area contributed by atoms with Gasteiger partial charge in [0.25, 0.3) is 0 Å². The highest BCUT2D eigenvalue weighted by Crippen LogP contribution is 2.45. The maximum atomic E-state index is 13.1. The summed E-state index contributed by atoms with van der Waals surface area (Å²) < 4.78 is 68.7. The normalized spacial score (nSPS) is 13.7. The summed E-state index contributed by atoms with van der Waals surface area (Å²) in [5.74, 6) is -2.11. The van der Waals surface area contributed by atoms with Crippen LogP contribution in [-0.4, -0.2) is 96.7 Å². The van der Waals surface area contributed by atoms with Gasteiger partial charge in [-0.25, -0.2) is 9.13 Å². The molecule has 3 N–H and O–H groups in total. The minimum absolute atomic E-state index is 0.109. The van der Waals surface area contributed by atoms with E-state index in [1.165, 1.54) is 302 Å². The number of ether oxygens (including phenoxy) is 4. The van der Waals surface area contributed by atoms with E-state index < -0.39 is 97.5 Å². The lowest BCUT2D eigenvalue weighted by Crippen LogP contribution is -2.30. The van der Waals surface area contributed by atoms with Crippen LogP contribution in [0.15, 0.2) is 0 Å². The van der Waals surface area contributed by atoms with Crippen LogP contribution in [0.4, 0.5) is 0 Å². The smallest absolute Gasteiger partial charge is 0.462 e. The molecular formula is C87H170O17P2. The molecule has 0 aromatic carbocycles. The Labute approximate surface area is 651 Å². The standard InChI is InChI=1S/C87H170O17P2/c1-5-9-13-17-20-23-26-29-32-35-38-41-44-47-50-53-56-59-62-66-70-74-87(92)104-83(78-98-85(90)72-68-64-60-57-54-51-48-45-42-39-36-33-30-27-24-21-18-14-10-6-2)80-102-106(95,96)100-76-81(88)75-99-105(93,94)101-79-82(77-97-84(89)71-67-63-16-12-8-4)103-86(91)73-69-65-61-58-55-52-49-46-43-40-37-34-31-28-25-22-19-15-11-7-3/h81-83,88H,5-80H2,1-4H3,(H,93,94)(H,95,96)/t81-,82+,83+/m0/s1. The van der Waals surface area contributed by atoms with Gasteiger partial charge in [-0.3, -0.25) is 37.3 Å². The number of unbranched alkanes of at least 4 members (excludes halogenated alkanes) is 62. The van der Waals surface area contributed by atoms with E-state index in [0.29, 0.717) is 25.7 Å². The number of phosphoric ester groups is 2. The van der Waals surface area contributed by atoms with Crippen LogP contribution in [0.2, 0.25) is 0 Å². The van der Waals surface area contributed by atoms with Crippen molar-refractivity contribution in [2.75, 3.05) is 39.6 Å². The molecule has 106 heavy (non-hydrogen) atoms. The summed E-state index contributed by atoms with van der Waals surface area (Å²) in [6.45, 7) is 4.97. The third-order valence-electron chi connectivity index (χ3n) is 20.6. The predicted molar refractivity (Wildman–Crippen MR) is 437 cm³/mol. The first-order valence-corrected chi connectivity index (χ1v) is 48.3. The van der Waals surface area contributed by atoms with Crippen molar-refractivity contribution in [2.24, 2.45) is 0 Å². The quantitative estimate of drug-likeness (QED) is 0.0222. The number of phosphoric acid groups is 2.